The van der Waals surface area contributed by atoms with E-state index in [4.69, 9.17) is 0 Å². The van der Waals surface area contributed by atoms with Crippen molar-refractivity contribution >= 4 is 34.5 Å². The number of aryl methyl sites for hydroxylation is 2. The van der Waals surface area contributed by atoms with Crippen LogP contribution in [0.4, 0.5) is 0 Å². The number of methoxy groups -OCH3 is 1. The summed E-state index contributed by atoms with van der Waals surface area (Å²) < 4.78 is 5.85. The summed E-state index contributed by atoms with van der Waals surface area (Å²) >= 11 is 1.93. The van der Waals surface area contributed by atoms with E-state index in [1.54, 1.807) is 18.7 Å². The van der Waals surface area contributed by atoms with E-state index in [2.05, 4.69) is 15.2 Å². The summed E-state index contributed by atoms with van der Waals surface area (Å²) in [5.74, 6) is -0.570. The Morgan fingerprint density at radius 1 is 1.50 bits per heavy atom. The van der Waals surface area contributed by atoms with E-state index in [0.29, 0.717) is 11.3 Å². The van der Waals surface area contributed by atoms with E-state index >= 15 is 0 Å². The molecule has 18 heavy (non-hydrogen) atoms. The van der Waals surface area contributed by atoms with E-state index in [-0.39, 0.29) is 18.4 Å². The maximum absolute atomic E-state index is 12.0. The van der Waals surface area contributed by atoms with Gasteiger partial charge in [-0.05, 0) is 13.8 Å². The van der Waals surface area contributed by atoms with Crippen molar-refractivity contribution in [1.82, 2.24) is 15.1 Å². The van der Waals surface area contributed by atoms with Gasteiger partial charge < -0.3 is 10.1 Å². The molecule has 0 spiro atoms. The molecule has 100 valence electrons. The van der Waals surface area contributed by atoms with Crippen molar-refractivity contribution in [2.45, 2.75) is 17.8 Å². The lowest BCUT2D eigenvalue weighted by Gasteiger charge is -2.09. The Bertz CT molecular complexity index is 470. The molecule has 1 N–H and O–H groups in total. The number of hydrogen-bond donors (Lipinski definition) is 1. The van der Waals surface area contributed by atoms with Gasteiger partial charge in [0.1, 0.15) is 3.92 Å². The molecule has 0 aliphatic carbocycles. The maximum atomic E-state index is 12.0. The standard InChI is InChI=1S/C11H16IN3O3/c1-6-9(7(2)15(3)14-6)10(16)13-5-8(12)11(17)18-4/h8H,5H2,1-4H3,(H,13,16). The molecule has 0 aliphatic rings. The first kappa shape index (κ1) is 14.9. The molecular formula is C11H16IN3O3. The van der Waals surface area contributed by atoms with Crippen LogP contribution in [-0.2, 0) is 16.6 Å². The number of aromatic nitrogens is 2. The summed E-state index contributed by atoms with van der Waals surface area (Å²) in [6, 6.07) is 0. The minimum absolute atomic E-state index is 0.219. The first-order valence-electron chi connectivity index (χ1n) is 5.38. The zero-order valence-corrected chi connectivity index (χ0v) is 12.9. The Hall–Kier alpha value is -1.12. The highest BCUT2D eigenvalue weighted by Gasteiger charge is 2.20. The number of carbonyl (C=O) groups excluding carboxylic acids is 2. The molecule has 1 atom stereocenters. The van der Waals surface area contributed by atoms with Crippen molar-refractivity contribution in [2.24, 2.45) is 7.05 Å². The van der Waals surface area contributed by atoms with Gasteiger partial charge in [-0.25, -0.2) is 0 Å². The van der Waals surface area contributed by atoms with Gasteiger partial charge >= 0.3 is 5.97 Å². The van der Waals surface area contributed by atoms with Crippen molar-refractivity contribution in [3.8, 4) is 0 Å². The highest BCUT2D eigenvalue weighted by atomic mass is 127. The average molecular weight is 365 g/mol. The number of hydrogen-bond acceptors (Lipinski definition) is 4. The molecule has 6 nitrogen and oxygen atoms in total. The molecule has 1 rings (SSSR count). The molecule has 1 aromatic rings. The lowest BCUT2D eigenvalue weighted by molar-refractivity contribution is -0.139. The zero-order valence-electron chi connectivity index (χ0n) is 10.8. The van der Waals surface area contributed by atoms with Crippen LogP contribution in [0.15, 0.2) is 0 Å². The monoisotopic (exact) mass is 365 g/mol. The molecule has 0 saturated heterocycles. The van der Waals surface area contributed by atoms with Crippen molar-refractivity contribution in [1.29, 1.82) is 0 Å². The number of rotatable bonds is 4. The Labute approximate surface area is 119 Å². The number of halogens is 1. The topological polar surface area (TPSA) is 73.2 Å². The van der Waals surface area contributed by atoms with Crippen LogP contribution in [-0.4, -0.2) is 39.2 Å². The van der Waals surface area contributed by atoms with Crippen molar-refractivity contribution in [3.05, 3.63) is 17.0 Å². The number of alkyl halides is 1. The molecule has 1 amide bonds. The molecule has 0 saturated carbocycles. The quantitative estimate of drug-likeness (QED) is 0.486. The molecule has 1 unspecified atom stereocenters. The second-order valence-corrected chi connectivity index (χ2v) is 5.37. The van der Waals surface area contributed by atoms with E-state index < -0.39 is 3.92 Å². The van der Waals surface area contributed by atoms with Gasteiger partial charge in [-0.3, -0.25) is 14.3 Å². The summed E-state index contributed by atoms with van der Waals surface area (Å²) in [4.78, 5) is 23.2. The third kappa shape index (κ3) is 3.21. The van der Waals surface area contributed by atoms with Crippen molar-refractivity contribution in [2.75, 3.05) is 13.7 Å². The lowest BCUT2D eigenvalue weighted by atomic mass is 10.2. The fourth-order valence-corrected chi connectivity index (χ4v) is 2.06. The van der Waals surface area contributed by atoms with Gasteiger partial charge in [0.25, 0.3) is 5.91 Å². The fourth-order valence-electron chi connectivity index (χ4n) is 1.58. The molecule has 0 fully saturated rings. The number of carbonyl (C=O) groups is 2. The van der Waals surface area contributed by atoms with E-state index in [0.717, 1.165) is 5.69 Å². The third-order valence-corrected chi connectivity index (χ3v) is 3.58. The van der Waals surface area contributed by atoms with Gasteiger partial charge in [0.05, 0.1) is 18.4 Å². The Morgan fingerprint density at radius 3 is 2.56 bits per heavy atom. The van der Waals surface area contributed by atoms with Crippen LogP contribution < -0.4 is 5.32 Å². The molecule has 0 aliphatic heterocycles. The molecule has 1 heterocycles. The Balaban J connectivity index is 2.69. The third-order valence-electron chi connectivity index (χ3n) is 2.63. The minimum atomic E-state index is -0.395. The first-order valence-corrected chi connectivity index (χ1v) is 6.63. The summed E-state index contributed by atoms with van der Waals surface area (Å²) in [6.07, 6.45) is 0. The number of esters is 1. The molecule has 0 radical (unpaired) electrons. The Morgan fingerprint density at radius 2 is 2.11 bits per heavy atom. The van der Waals surface area contributed by atoms with Gasteiger partial charge in [0.2, 0.25) is 0 Å². The summed E-state index contributed by atoms with van der Waals surface area (Å²) in [5, 5.41) is 6.88. The molecular weight excluding hydrogens is 349 g/mol. The van der Waals surface area contributed by atoms with Crippen LogP contribution in [0.3, 0.4) is 0 Å². The zero-order chi connectivity index (χ0) is 13.9. The average Bonchev–Trinajstić information content (AvgIpc) is 2.59. The minimum Gasteiger partial charge on any atom is -0.468 e. The van der Waals surface area contributed by atoms with Crippen molar-refractivity contribution < 1.29 is 14.3 Å². The van der Waals surface area contributed by atoms with Crippen LogP contribution in [0, 0.1) is 13.8 Å². The smallest absolute Gasteiger partial charge is 0.320 e. The number of nitrogens with zero attached hydrogens (tertiary/aromatic N) is 2. The number of amides is 1. The van der Waals surface area contributed by atoms with Crippen LogP contribution in [0.25, 0.3) is 0 Å². The lowest BCUT2D eigenvalue weighted by Crippen LogP contribution is -2.34. The molecule has 7 heteroatoms. The van der Waals surface area contributed by atoms with Crippen LogP contribution >= 0.6 is 22.6 Å². The predicted octanol–water partition coefficient (Wildman–Crippen LogP) is 0.743. The van der Waals surface area contributed by atoms with Gasteiger partial charge in [-0.15, -0.1) is 0 Å². The molecule has 0 aromatic carbocycles. The Kier molecular flexibility index (Phi) is 5.12. The van der Waals surface area contributed by atoms with Crippen LogP contribution in [0.1, 0.15) is 21.7 Å². The van der Waals surface area contributed by atoms with E-state index in [1.807, 2.05) is 29.5 Å². The van der Waals surface area contributed by atoms with Crippen LogP contribution in [0.2, 0.25) is 0 Å². The SMILES string of the molecule is COC(=O)C(I)CNC(=O)c1c(C)nn(C)c1C. The second-order valence-electron chi connectivity index (χ2n) is 3.87. The van der Waals surface area contributed by atoms with Gasteiger partial charge in [-0.2, -0.15) is 5.10 Å². The maximum Gasteiger partial charge on any atom is 0.320 e. The fraction of sp³-hybridized carbons (Fsp3) is 0.545. The van der Waals surface area contributed by atoms with Gasteiger partial charge in [0.15, 0.2) is 0 Å². The number of ether oxygens (including phenoxy) is 1. The van der Waals surface area contributed by atoms with Crippen LogP contribution in [0.5, 0.6) is 0 Å². The highest BCUT2D eigenvalue weighted by Crippen LogP contribution is 2.11. The summed E-state index contributed by atoms with van der Waals surface area (Å²) in [6.45, 7) is 3.85. The summed E-state index contributed by atoms with van der Waals surface area (Å²) in [7, 11) is 3.11. The predicted molar refractivity (Wildman–Crippen MR) is 74.8 cm³/mol. The first-order chi connectivity index (χ1) is 8.38. The van der Waals surface area contributed by atoms with E-state index in [9.17, 15) is 9.59 Å². The van der Waals surface area contributed by atoms with E-state index in [1.165, 1.54) is 7.11 Å². The highest BCUT2D eigenvalue weighted by molar-refractivity contribution is 14.1. The normalized spacial score (nSPS) is 12.1. The largest absolute Gasteiger partial charge is 0.468 e. The summed E-state index contributed by atoms with van der Waals surface area (Å²) in [5.41, 5.74) is 2.04. The number of nitrogens with one attached hydrogen (secondary N) is 1. The molecule has 0 bridgehead atoms. The molecule has 1 aromatic heterocycles. The van der Waals surface area contributed by atoms with Gasteiger partial charge in [-0.1, -0.05) is 22.6 Å². The van der Waals surface area contributed by atoms with Gasteiger partial charge in [0, 0.05) is 19.3 Å². The van der Waals surface area contributed by atoms with Crippen molar-refractivity contribution in [3.63, 3.8) is 0 Å². The second kappa shape index (κ2) is 6.17.